The number of nitrogens with zero attached hydrogens (tertiary/aromatic N) is 4. The second-order valence-corrected chi connectivity index (χ2v) is 10.0. The first kappa shape index (κ1) is 23.9. The number of carbonyl (C=O) groups excluding carboxylic acids is 1. The standard InChI is InChI=1S/C18H14ClF3N4O4S2/c1-3-32(29,30)13-8-11(10-4-6-12(19)7-5-10)9-26(28)14(13)15(27)23-17-25(2)24-16(31-17)18(20,21)22/h4-9H,3H2,1-2H3. The number of aryl methyl sites for hydroxylation is 1. The summed E-state index contributed by atoms with van der Waals surface area (Å²) in [5.41, 5.74) is -0.166. The summed E-state index contributed by atoms with van der Waals surface area (Å²) in [4.78, 5) is 15.2. The van der Waals surface area contributed by atoms with Crippen LogP contribution in [0.4, 0.5) is 13.2 Å². The van der Waals surface area contributed by atoms with Gasteiger partial charge in [-0.25, -0.2) is 13.1 Å². The lowest BCUT2D eigenvalue weighted by Crippen LogP contribution is -2.37. The maximum Gasteiger partial charge on any atom is 0.445 e. The average molecular weight is 507 g/mol. The lowest BCUT2D eigenvalue weighted by molar-refractivity contribution is -0.609. The largest absolute Gasteiger partial charge is 0.618 e. The van der Waals surface area contributed by atoms with E-state index in [0.29, 0.717) is 10.6 Å². The Morgan fingerprint density at radius 2 is 1.91 bits per heavy atom. The zero-order valence-electron chi connectivity index (χ0n) is 16.4. The number of hydrogen-bond donors (Lipinski definition) is 0. The van der Waals surface area contributed by atoms with Crippen molar-refractivity contribution in [2.45, 2.75) is 18.0 Å². The molecule has 0 atom stereocenters. The van der Waals surface area contributed by atoms with Gasteiger partial charge in [0.2, 0.25) is 9.81 Å². The van der Waals surface area contributed by atoms with E-state index in [4.69, 9.17) is 11.6 Å². The summed E-state index contributed by atoms with van der Waals surface area (Å²) in [7, 11) is -2.95. The minimum absolute atomic E-state index is 0.0457. The topological polar surface area (TPSA) is 108 Å². The summed E-state index contributed by atoms with van der Waals surface area (Å²) < 4.78 is 64.7. The van der Waals surface area contributed by atoms with Crippen LogP contribution in [-0.2, 0) is 23.1 Å². The predicted molar refractivity (Wildman–Crippen MR) is 110 cm³/mol. The number of sulfone groups is 1. The molecule has 0 aliphatic carbocycles. The van der Waals surface area contributed by atoms with Gasteiger partial charge in [0.05, 0.1) is 5.75 Å². The van der Waals surface area contributed by atoms with E-state index in [1.165, 1.54) is 19.1 Å². The monoisotopic (exact) mass is 506 g/mol. The highest BCUT2D eigenvalue weighted by atomic mass is 35.5. The zero-order chi connectivity index (χ0) is 23.8. The van der Waals surface area contributed by atoms with E-state index < -0.39 is 48.1 Å². The molecule has 0 radical (unpaired) electrons. The van der Waals surface area contributed by atoms with Crippen LogP contribution < -0.4 is 9.53 Å². The zero-order valence-corrected chi connectivity index (χ0v) is 18.8. The second-order valence-electron chi connectivity index (χ2n) is 6.41. The van der Waals surface area contributed by atoms with Gasteiger partial charge in [0.1, 0.15) is 4.90 Å². The molecule has 0 bridgehead atoms. The molecule has 0 saturated heterocycles. The molecule has 0 spiro atoms. The SMILES string of the molecule is CCS(=O)(=O)c1cc(-c2ccc(Cl)cc2)c[n+]([O-])c1C(=O)N=c1sc(C(F)(F)F)nn1C. The summed E-state index contributed by atoms with van der Waals surface area (Å²) in [6, 6.07) is 7.34. The second kappa shape index (κ2) is 8.64. The summed E-state index contributed by atoms with van der Waals surface area (Å²) in [6.45, 7) is 1.32. The smallest absolute Gasteiger partial charge is 0.445 e. The van der Waals surface area contributed by atoms with E-state index in [-0.39, 0.29) is 21.6 Å². The molecule has 170 valence electrons. The summed E-state index contributed by atoms with van der Waals surface area (Å²) in [6.07, 6.45) is -3.77. The maximum absolute atomic E-state index is 12.9. The molecule has 0 unspecified atom stereocenters. The van der Waals surface area contributed by atoms with E-state index in [0.717, 1.165) is 24.0 Å². The van der Waals surface area contributed by atoms with Gasteiger partial charge in [0, 0.05) is 17.6 Å². The van der Waals surface area contributed by atoms with Crippen molar-refractivity contribution in [1.29, 1.82) is 0 Å². The molecule has 0 N–H and O–H groups in total. The molecule has 32 heavy (non-hydrogen) atoms. The molecular formula is C18H14ClF3N4O4S2. The molecule has 0 saturated carbocycles. The van der Waals surface area contributed by atoms with Gasteiger partial charge in [-0.2, -0.15) is 28.0 Å². The Hall–Kier alpha value is -2.77. The van der Waals surface area contributed by atoms with Gasteiger partial charge in [-0.3, -0.25) is 4.79 Å². The van der Waals surface area contributed by atoms with E-state index >= 15 is 0 Å². The lowest BCUT2D eigenvalue weighted by Gasteiger charge is -2.10. The van der Waals surface area contributed by atoms with E-state index in [1.54, 1.807) is 12.1 Å². The average Bonchev–Trinajstić information content (AvgIpc) is 3.08. The molecule has 3 rings (SSSR count). The highest BCUT2D eigenvalue weighted by Gasteiger charge is 2.36. The number of hydrogen-bond acceptors (Lipinski definition) is 6. The molecule has 8 nitrogen and oxygen atoms in total. The minimum atomic E-state index is -4.76. The molecule has 3 aromatic rings. The molecule has 2 heterocycles. The minimum Gasteiger partial charge on any atom is -0.618 e. The Labute approximate surface area is 188 Å². The normalized spacial score (nSPS) is 12.9. The highest BCUT2D eigenvalue weighted by molar-refractivity contribution is 7.91. The van der Waals surface area contributed by atoms with Gasteiger partial charge in [-0.15, -0.1) is 0 Å². The van der Waals surface area contributed by atoms with Crippen LogP contribution in [0.2, 0.25) is 5.02 Å². The molecule has 2 aromatic heterocycles. The first-order chi connectivity index (χ1) is 14.8. The Morgan fingerprint density at radius 1 is 1.28 bits per heavy atom. The first-order valence-corrected chi connectivity index (χ1v) is 11.6. The van der Waals surface area contributed by atoms with Gasteiger partial charge in [-0.1, -0.05) is 42.0 Å². The van der Waals surface area contributed by atoms with Crippen LogP contribution in [0.1, 0.15) is 22.4 Å². The number of alkyl halides is 3. The number of rotatable bonds is 4. The van der Waals surface area contributed by atoms with Crippen LogP contribution in [0, 0.1) is 5.21 Å². The fourth-order valence-corrected chi connectivity index (χ4v) is 4.61. The number of pyridine rings is 1. The number of benzene rings is 1. The van der Waals surface area contributed by atoms with Gasteiger partial charge < -0.3 is 5.21 Å². The van der Waals surface area contributed by atoms with Gasteiger partial charge >= 0.3 is 17.8 Å². The van der Waals surface area contributed by atoms with Crippen molar-refractivity contribution in [3.05, 3.63) is 62.3 Å². The van der Waals surface area contributed by atoms with Gasteiger partial charge in [-0.05, 0) is 23.8 Å². The third-order valence-corrected chi connectivity index (χ3v) is 7.28. The number of aromatic nitrogens is 3. The Morgan fingerprint density at radius 3 is 2.44 bits per heavy atom. The molecule has 0 fully saturated rings. The quantitative estimate of drug-likeness (QED) is 0.399. The van der Waals surface area contributed by atoms with E-state index in [9.17, 15) is 31.6 Å². The van der Waals surface area contributed by atoms with Crippen molar-refractivity contribution in [2.75, 3.05) is 5.75 Å². The van der Waals surface area contributed by atoms with Crippen molar-refractivity contribution in [1.82, 2.24) is 9.78 Å². The van der Waals surface area contributed by atoms with Crippen molar-refractivity contribution in [2.24, 2.45) is 12.0 Å². The number of amides is 1. The summed E-state index contributed by atoms with van der Waals surface area (Å²) >= 11 is 5.93. The molecule has 0 aliphatic heterocycles. The van der Waals surface area contributed by atoms with Crippen LogP contribution in [0.3, 0.4) is 0 Å². The van der Waals surface area contributed by atoms with E-state index in [1.807, 2.05) is 0 Å². The third-order valence-electron chi connectivity index (χ3n) is 4.24. The fraction of sp³-hybridized carbons (Fsp3) is 0.222. The van der Waals surface area contributed by atoms with Gasteiger partial charge in [0.15, 0.2) is 16.0 Å². The highest BCUT2D eigenvalue weighted by Crippen LogP contribution is 2.29. The molecule has 0 aliphatic rings. The van der Waals surface area contributed by atoms with Crippen molar-refractivity contribution >= 4 is 38.7 Å². The van der Waals surface area contributed by atoms with Crippen molar-refractivity contribution < 1.29 is 31.1 Å². The Kier molecular flexibility index (Phi) is 6.45. The van der Waals surface area contributed by atoms with Crippen molar-refractivity contribution in [3.63, 3.8) is 0 Å². The first-order valence-electron chi connectivity index (χ1n) is 8.79. The van der Waals surface area contributed by atoms with Gasteiger partial charge in [0.25, 0.3) is 0 Å². The number of carbonyl (C=O) groups is 1. The van der Waals surface area contributed by atoms with E-state index in [2.05, 4.69) is 10.1 Å². The van der Waals surface area contributed by atoms with Crippen LogP contribution in [0.15, 0.2) is 46.4 Å². The summed E-state index contributed by atoms with van der Waals surface area (Å²) in [5, 5.41) is 15.1. The fourth-order valence-electron chi connectivity index (χ4n) is 2.64. The van der Waals surface area contributed by atoms with Crippen LogP contribution in [-0.4, -0.2) is 29.9 Å². The Bertz CT molecular complexity index is 1360. The predicted octanol–water partition coefficient (Wildman–Crippen LogP) is 2.99. The molecule has 1 amide bonds. The lowest BCUT2D eigenvalue weighted by atomic mass is 10.1. The number of halogens is 4. The molecular weight excluding hydrogens is 493 g/mol. The van der Waals surface area contributed by atoms with Crippen molar-refractivity contribution in [3.8, 4) is 11.1 Å². The molecule has 14 heteroatoms. The van der Waals surface area contributed by atoms with Crippen LogP contribution >= 0.6 is 22.9 Å². The third kappa shape index (κ3) is 4.84. The summed E-state index contributed by atoms with van der Waals surface area (Å²) in [5.74, 6) is -1.74. The Balaban J connectivity index is 2.21. The maximum atomic E-state index is 12.9. The molecule has 1 aromatic carbocycles. The van der Waals surface area contributed by atoms with Crippen LogP contribution in [0.5, 0.6) is 0 Å². The van der Waals surface area contributed by atoms with Crippen LogP contribution in [0.25, 0.3) is 11.1 Å².